The molecule has 2 amide bonds. The molecule has 0 saturated carbocycles. The summed E-state index contributed by atoms with van der Waals surface area (Å²) in [5.41, 5.74) is 0.942. The predicted molar refractivity (Wildman–Crippen MR) is 108 cm³/mol. The van der Waals surface area contributed by atoms with Crippen molar-refractivity contribution in [2.45, 2.75) is 12.7 Å². The minimum absolute atomic E-state index is 0.153. The number of alkyl halides is 3. The summed E-state index contributed by atoms with van der Waals surface area (Å²) in [6, 6.07) is 14.5. The number of carbonyl (C=O) groups excluding carboxylic acids is 2. The molecule has 4 aromatic rings. The molecule has 0 N–H and O–H groups in total. The van der Waals surface area contributed by atoms with E-state index in [9.17, 15) is 22.8 Å². The van der Waals surface area contributed by atoms with E-state index in [1.165, 1.54) is 18.3 Å². The molecular formula is C23H13F3N4O2. The van der Waals surface area contributed by atoms with Crippen molar-refractivity contribution in [1.82, 2.24) is 19.9 Å². The van der Waals surface area contributed by atoms with E-state index in [4.69, 9.17) is 0 Å². The number of hydrogen-bond acceptors (Lipinski definition) is 5. The van der Waals surface area contributed by atoms with Crippen molar-refractivity contribution >= 4 is 22.8 Å². The quantitative estimate of drug-likeness (QED) is 0.444. The standard InChI is InChI=1S/C23H13F3N4O2/c24-23(25,26)14-9-7-13(8-10-14)19-17-6-3-11-27-20(17)29-18(28-19)12-30-21(31)15-4-1-2-5-16(15)22(30)32/h1-11H,12H2. The number of aromatic nitrogens is 3. The topological polar surface area (TPSA) is 76.1 Å². The molecule has 2 aromatic carbocycles. The van der Waals surface area contributed by atoms with E-state index >= 15 is 0 Å². The highest BCUT2D eigenvalue weighted by molar-refractivity contribution is 6.21. The number of carbonyl (C=O) groups is 2. The number of nitrogens with zero attached hydrogens (tertiary/aromatic N) is 4. The van der Waals surface area contributed by atoms with Gasteiger partial charge >= 0.3 is 6.18 Å². The Labute approximate surface area is 179 Å². The number of amides is 2. The van der Waals surface area contributed by atoms with Gasteiger partial charge in [-0.15, -0.1) is 0 Å². The molecular weight excluding hydrogens is 421 g/mol. The maximum absolute atomic E-state index is 12.9. The van der Waals surface area contributed by atoms with Gasteiger partial charge in [0.05, 0.1) is 28.9 Å². The van der Waals surface area contributed by atoms with Gasteiger partial charge in [-0.1, -0.05) is 24.3 Å². The van der Waals surface area contributed by atoms with Crippen molar-refractivity contribution in [2.75, 3.05) is 0 Å². The average molecular weight is 434 g/mol. The fraction of sp³-hybridized carbons (Fsp3) is 0.0870. The van der Waals surface area contributed by atoms with Crippen LogP contribution in [-0.2, 0) is 12.7 Å². The van der Waals surface area contributed by atoms with Crippen molar-refractivity contribution < 1.29 is 22.8 Å². The number of pyridine rings is 1. The molecule has 0 unspecified atom stereocenters. The van der Waals surface area contributed by atoms with Gasteiger partial charge in [0, 0.05) is 17.1 Å². The molecule has 0 bridgehead atoms. The summed E-state index contributed by atoms with van der Waals surface area (Å²) >= 11 is 0. The zero-order chi connectivity index (χ0) is 22.5. The van der Waals surface area contributed by atoms with E-state index in [0.29, 0.717) is 33.4 Å². The van der Waals surface area contributed by atoms with E-state index in [2.05, 4.69) is 15.0 Å². The zero-order valence-electron chi connectivity index (χ0n) is 16.3. The molecule has 0 fully saturated rings. The van der Waals surface area contributed by atoms with Crippen molar-refractivity contribution in [3.8, 4) is 11.3 Å². The van der Waals surface area contributed by atoms with E-state index in [1.807, 2.05) is 0 Å². The third-order valence-corrected chi connectivity index (χ3v) is 5.18. The highest BCUT2D eigenvalue weighted by Crippen LogP contribution is 2.32. The largest absolute Gasteiger partial charge is 0.416 e. The number of benzene rings is 2. The van der Waals surface area contributed by atoms with Gasteiger partial charge in [0.1, 0.15) is 0 Å². The maximum Gasteiger partial charge on any atom is 0.416 e. The van der Waals surface area contributed by atoms with E-state index in [0.717, 1.165) is 17.0 Å². The normalized spacial score (nSPS) is 13.7. The average Bonchev–Trinajstić information content (AvgIpc) is 3.03. The Morgan fingerprint density at radius 2 is 1.47 bits per heavy atom. The SMILES string of the molecule is O=C1c2ccccc2C(=O)N1Cc1nc(-c2ccc(C(F)(F)F)cc2)c2cccnc2n1. The number of fused-ring (bicyclic) bond motifs is 2. The molecule has 0 radical (unpaired) electrons. The first-order valence-electron chi connectivity index (χ1n) is 9.57. The van der Waals surface area contributed by atoms with Gasteiger partial charge in [0.15, 0.2) is 11.5 Å². The Hall–Kier alpha value is -4.14. The van der Waals surface area contributed by atoms with Gasteiger partial charge in [-0.05, 0) is 36.4 Å². The second kappa shape index (κ2) is 7.23. The molecule has 0 atom stereocenters. The van der Waals surface area contributed by atoms with Gasteiger partial charge in [-0.2, -0.15) is 13.2 Å². The second-order valence-corrected chi connectivity index (χ2v) is 7.18. The maximum atomic E-state index is 12.9. The predicted octanol–water partition coefficient (Wildman–Crippen LogP) is 4.51. The van der Waals surface area contributed by atoms with E-state index in [1.54, 1.807) is 36.4 Å². The first-order valence-corrected chi connectivity index (χ1v) is 9.57. The van der Waals surface area contributed by atoms with Crippen LogP contribution in [0.15, 0.2) is 66.9 Å². The summed E-state index contributed by atoms with van der Waals surface area (Å²) in [5, 5.41) is 0.540. The molecule has 1 aliphatic rings. The summed E-state index contributed by atoms with van der Waals surface area (Å²) in [4.78, 5) is 39.5. The summed E-state index contributed by atoms with van der Waals surface area (Å²) in [6.07, 6.45) is -2.93. The number of imide groups is 1. The fourth-order valence-electron chi connectivity index (χ4n) is 3.64. The van der Waals surface area contributed by atoms with Crippen molar-refractivity contribution in [2.24, 2.45) is 0 Å². The van der Waals surface area contributed by atoms with Crippen LogP contribution in [-0.4, -0.2) is 31.7 Å². The van der Waals surface area contributed by atoms with Crippen LogP contribution in [0.25, 0.3) is 22.3 Å². The second-order valence-electron chi connectivity index (χ2n) is 7.18. The van der Waals surface area contributed by atoms with Gasteiger partial charge in [0.25, 0.3) is 11.8 Å². The minimum atomic E-state index is -4.45. The third-order valence-electron chi connectivity index (χ3n) is 5.18. The molecule has 32 heavy (non-hydrogen) atoms. The Morgan fingerprint density at radius 3 is 2.09 bits per heavy atom. The molecule has 1 aliphatic heterocycles. The van der Waals surface area contributed by atoms with Crippen LogP contribution in [0.1, 0.15) is 32.1 Å². The van der Waals surface area contributed by atoms with Gasteiger partial charge in [0.2, 0.25) is 0 Å². The molecule has 9 heteroatoms. The lowest BCUT2D eigenvalue weighted by atomic mass is 10.1. The van der Waals surface area contributed by atoms with Crippen LogP contribution >= 0.6 is 0 Å². The van der Waals surface area contributed by atoms with Crippen LogP contribution in [0.5, 0.6) is 0 Å². The van der Waals surface area contributed by atoms with E-state index in [-0.39, 0.29) is 12.4 Å². The van der Waals surface area contributed by atoms with Gasteiger partial charge in [-0.3, -0.25) is 14.5 Å². The lowest BCUT2D eigenvalue weighted by Crippen LogP contribution is -2.30. The number of hydrogen-bond donors (Lipinski definition) is 0. The lowest BCUT2D eigenvalue weighted by Gasteiger charge is -2.14. The Morgan fingerprint density at radius 1 is 0.812 bits per heavy atom. The summed E-state index contributed by atoms with van der Waals surface area (Å²) < 4.78 is 38.8. The Kier molecular flexibility index (Phi) is 4.47. The zero-order valence-corrected chi connectivity index (χ0v) is 16.3. The fourth-order valence-corrected chi connectivity index (χ4v) is 3.64. The van der Waals surface area contributed by atoms with E-state index < -0.39 is 23.6 Å². The summed E-state index contributed by atoms with van der Waals surface area (Å²) in [7, 11) is 0. The smallest absolute Gasteiger partial charge is 0.269 e. The molecule has 5 rings (SSSR count). The molecule has 6 nitrogen and oxygen atoms in total. The molecule has 0 saturated heterocycles. The van der Waals surface area contributed by atoms with Crippen molar-refractivity contribution in [3.63, 3.8) is 0 Å². The van der Waals surface area contributed by atoms with Crippen molar-refractivity contribution in [3.05, 3.63) is 89.4 Å². The Bertz CT molecular complexity index is 1350. The molecule has 3 heterocycles. The van der Waals surface area contributed by atoms with Gasteiger partial charge in [-0.25, -0.2) is 15.0 Å². The van der Waals surface area contributed by atoms with Crippen LogP contribution in [0, 0.1) is 0 Å². The minimum Gasteiger partial charge on any atom is -0.269 e. The van der Waals surface area contributed by atoms with Crippen LogP contribution < -0.4 is 0 Å². The molecule has 2 aromatic heterocycles. The first-order chi connectivity index (χ1) is 15.3. The van der Waals surface area contributed by atoms with Crippen LogP contribution in [0.2, 0.25) is 0 Å². The first kappa shape index (κ1) is 19.8. The van der Waals surface area contributed by atoms with Crippen LogP contribution in [0.4, 0.5) is 13.2 Å². The van der Waals surface area contributed by atoms with Crippen molar-refractivity contribution in [1.29, 1.82) is 0 Å². The third kappa shape index (κ3) is 3.27. The molecule has 0 spiro atoms. The monoisotopic (exact) mass is 434 g/mol. The highest BCUT2D eigenvalue weighted by atomic mass is 19.4. The van der Waals surface area contributed by atoms with Gasteiger partial charge < -0.3 is 0 Å². The summed E-state index contributed by atoms with van der Waals surface area (Å²) in [6.45, 7) is -0.188. The number of halogens is 3. The Balaban J connectivity index is 1.56. The molecule has 158 valence electrons. The number of rotatable bonds is 3. The van der Waals surface area contributed by atoms with Crippen LogP contribution in [0.3, 0.4) is 0 Å². The lowest BCUT2D eigenvalue weighted by molar-refractivity contribution is -0.137. The highest BCUT2D eigenvalue weighted by Gasteiger charge is 2.36. The molecule has 0 aliphatic carbocycles. The summed E-state index contributed by atoms with van der Waals surface area (Å²) in [5.74, 6) is -0.751.